The molecule has 33 heavy (non-hydrogen) atoms. The molecule has 4 rings (SSSR count). The molecule has 0 saturated carbocycles. The Morgan fingerprint density at radius 1 is 0.848 bits per heavy atom. The van der Waals surface area contributed by atoms with E-state index < -0.39 is 24.3 Å². The highest BCUT2D eigenvalue weighted by Gasteiger charge is 2.47. The van der Waals surface area contributed by atoms with Crippen LogP contribution in [-0.4, -0.2) is 36.1 Å². The maximum absolute atomic E-state index is 12.7. The molecule has 2 aromatic carbocycles. The second-order valence-electron chi connectivity index (χ2n) is 7.83. The highest BCUT2D eigenvalue weighted by molar-refractivity contribution is 6.22. The zero-order chi connectivity index (χ0) is 23.5. The summed E-state index contributed by atoms with van der Waals surface area (Å²) in [7, 11) is 0. The van der Waals surface area contributed by atoms with Crippen LogP contribution in [0.2, 0.25) is 0 Å². The number of Topliss-reactive ketones (excluding diaryl/α,β-unsaturated/α-hetero) is 1. The molecule has 2 atom stereocenters. The molecule has 1 heterocycles. The van der Waals surface area contributed by atoms with E-state index in [4.69, 9.17) is 9.47 Å². The summed E-state index contributed by atoms with van der Waals surface area (Å²) in [5.41, 5.74) is 0.894. The van der Waals surface area contributed by atoms with Gasteiger partial charge in [-0.25, -0.2) is 4.79 Å². The predicted molar refractivity (Wildman–Crippen MR) is 117 cm³/mol. The van der Waals surface area contributed by atoms with Gasteiger partial charge in [0.15, 0.2) is 12.4 Å². The maximum atomic E-state index is 12.7. The molecule has 2 amide bonds. The topological polar surface area (TPSA) is 107 Å². The number of carbonyl (C=O) groups is 5. The number of benzene rings is 2. The normalized spacial score (nSPS) is 19.2. The van der Waals surface area contributed by atoms with E-state index in [0.29, 0.717) is 29.8 Å². The van der Waals surface area contributed by atoms with Crippen molar-refractivity contribution in [3.63, 3.8) is 0 Å². The number of imide groups is 1. The Bertz CT molecular complexity index is 1120. The summed E-state index contributed by atoms with van der Waals surface area (Å²) in [6, 6.07) is 11.8. The first-order valence-electron chi connectivity index (χ1n) is 10.5. The molecular weight excluding hydrogens is 426 g/mol. The summed E-state index contributed by atoms with van der Waals surface area (Å²) in [5, 5.41) is 0. The molecule has 0 unspecified atom stereocenters. The third kappa shape index (κ3) is 4.59. The van der Waals surface area contributed by atoms with Gasteiger partial charge in [-0.05, 0) is 61.4 Å². The molecule has 0 aromatic heterocycles. The van der Waals surface area contributed by atoms with Gasteiger partial charge >= 0.3 is 11.9 Å². The first-order chi connectivity index (χ1) is 15.8. The summed E-state index contributed by atoms with van der Waals surface area (Å²) in [5.74, 6) is -2.40. The molecule has 1 aliphatic carbocycles. The number of allylic oxidation sites excluding steroid dienone is 2. The van der Waals surface area contributed by atoms with Gasteiger partial charge in [-0.1, -0.05) is 12.2 Å². The van der Waals surface area contributed by atoms with Crippen molar-refractivity contribution in [1.82, 2.24) is 0 Å². The van der Waals surface area contributed by atoms with E-state index in [2.05, 4.69) is 0 Å². The summed E-state index contributed by atoms with van der Waals surface area (Å²) in [6.07, 6.45) is 4.95. The molecule has 1 aliphatic heterocycles. The van der Waals surface area contributed by atoms with Crippen molar-refractivity contribution in [2.24, 2.45) is 11.8 Å². The van der Waals surface area contributed by atoms with Gasteiger partial charge in [0, 0.05) is 12.5 Å². The smallest absolute Gasteiger partial charge is 0.338 e. The Kier molecular flexibility index (Phi) is 6.17. The first kappa shape index (κ1) is 22.1. The Hall–Kier alpha value is -4.07. The molecule has 0 radical (unpaired) electrons. The van der Waals surface area contributed by atoms with Gasteiger partial charge in [0.1, 0.15) is 5.75 Å². The zero-order valence-corrected chi connectivity index (χ0v) is 17.9. The summed E-state index contributed by atoms with van der Waals surface area (Å²) >= 11 is 0. The maximum Gasteiger partial charge on any atom is 0.338 e. The lowest BCUT2D eigenvalue weighted by Crippen LogP contribution is -2.30. The van der Waals surface area contributed by atoms with Crippen molar-refractivity contribution >= 4 is 35.2 Å². The number of hydrogen-bond acceptors (Lipinski definition) is 7. The van der Waals surface area contributed by atoms with Crippen LogP contribution in [0.4, 0.5) is 5.69 Å². The largest absolute Gasteiger partial charge is 0.454 e. The van der Waals surface area contributed by atoms with E-state index in [1.807, 2.05) is 12.2 Å². The zero-order valence-electron chi connectivity index (χ0n) is 17.9. The highest BCUT2D eigenvalue weighted by Crippen LogP contribution is 2.37. The van der Waals surface area contributed by atoms with Crippen LogP contribution in [0.25, 0.3) is 0 Å². The number of rotatable bonds is 6. The number of carbonyl (C=O) groups excluding carboxylic acids is 5. The second-order valence-corrected chi connectivity index (χ2v) is 7.83. The molecule has 8 nitrogen and oxygen atoms in total. The number of amides is 2. The van der Waals surface area contributed by atoms with Crippen molar-refractivity contribution in [2.45, 2.75) is 19.8 Å². The quantitative estimate of drug-likeness (QED) is 0.220. The summed E-state index contributed by atoms with van der Waals surface area (Å²) in [6.45, 7) is 0.808. The van der Waals surface area contributed by atoms with Gasteiger partial charge < -0.3 is 9.47 Å². The van der Waals surface area contributed by atoms with Crippen molar-refractivity contribution in [3.8, 4) is 5.75 Å². The number of ether oxygens (including phenoxy) is 2. The van der Waals surface area contributed by atoms with Crippen molar-refractivity contribution < 1.29 is 33.4 Å². The Morgan fingerprint density at radius 2 is 1.39 bits per heavy atom. The van der Waals surface area contributed by atoms with E-state index in [1.54, 1.807) is 0 Å². The van der Waals surface area contributed by atoms with Crippen LogP contribution in [0.15, 0.2) is 60.7 Å². The van der Waals surface area contributed by atoms with Crippen molar-refractivity contribution in [3.05, 3.63) is 71.8 Å². The fourth-order valence-electron chi connectivity index (χ4n) is 3.97. The summed E-state index contributed by atoms with van der Waals surface area (Å²) in [4.78, 5) is 62.1. The lowest BCUT2D eigenvalue weighted by molar-refractivity contribution is -0.132. The second kappa shape index (κ2) is 9.20. The van der Waals surface area contributed by atoms with E-state index >= 15 is 0 Å². The van der Waals surface area contributed by atoms with Crippen LogP contribution in [0, 0.1) is 11.8 Å². The molecule has 2 aliphatic rings. The number of hydrogen-bond donors (Lipinski definition) is 0. The third-order valence-corrected chi connectivity index (χ3v) is 5.64. The monoisotopic (exact) mass is 447 g/mol. The number of esters is 2. The van der Waals surface area contributed by atoms with Crippen LogP contribution >= 0.6 is 0 Å². The number of nitrogens with zero attached hydrogens (tertiary/aromatic N) is 1. The Balaban J connectivity index is 1.36. The SMILES string of the molecule is CC(=O)Oc1ccc(C(=O)COC(=O)c2ccc(N3C(=O)[C@H]4CC=CC[C@H]4C3=O)cc2)cc1. The average Bonchev–Trinajstić information content (AvgIpc) is 3.07. The van der Waals surface area contributed by atoms with Crippen molar-refractivity contribution in [2.75, 3.05) is 11.5 Å². The average molecular weight is 447 g/mol. The molecular formula is C25H21NO7. The molecule has 168 valence electrons. The van der Waals surface area contributed by atoms with Gasteiger partial charge in [0.2, 0.25) is 11.8 Å². The van der Waals surface area contributed by atoms with Crippen LogP contribution in [0.1, 0.15) is 40.5 Å². The predicted octanol–water partition coefficient (Wildman–Crippen LogP) is 3.11. The van der Waals surface area contributed by atoms with E-state index in [-0.39, 0.29) is 29.2 Å². The van der Waals surface area contributed by atoms with Crippen molar-refractivity contribution in [1.29, 1.82) is 0 Å². The fourth-order valence-corrected chi connectivity index (χ4v) is 3.97. The Morgan fingerprint density at radius 3 is 1.94 bits per heavy atom. The van der Waals surface area contributed by atoms with Gasteiger partial charge in [-0.3, -0.25) is 24.1 Å². The third-order valence-electron chi connectivity index (χ3n) is 5.64. The molecule has 1 saturated heterocycles. The van der Waals surface area contributed by atoms with Crippen LogP contribution in [-0.2, 0) is 19.1 Å². The standard InChI is InChI=1S/C25H21NO7/c1-15(27)33-19-12-8-16(9-13-19)22(28)14-32-25(31)17-6-10-18(11-7-17)26-23(29)20-4-2-3-5-21(20)24(26)30/h2-3,6-13,20-21H,4-5,14H2,1H3/t20-,21+. The molecule has 0 N–H and O–H groups in total. The molecule has 1 fully saturated rings. The van der Waals surface area contributed by atoms with Crippen LogP contribution in [0.3, 0.4) is 0 Å². The van der Waals surface area contributed by atoms with E-state index in [1.165, 1.54) is 60.4 Å². The first-order valence-corrected chi connectivity index (χ1v) is 10.5. The minimum absolute atomic E-state index is 0.190. The van der Waals surface area contributed by atoms with Crippen LogP contribution in [0.5, 0.6) is 5.75 Å². The molecule has 2 aromatic rings. The Labute approximate surface area is 189 Å². The number of fused-ring (bicyclic) bond motifs is 1. The lowest BCUT2D eigenvalue weighted by Gasteiger charge is -2.15. The van der Waals surface area contributed by atoms with Gasteiger partial charge in [0.25, 0.3) is 0 Å². The fraction of sp³-hybridized carbons (Fsp3) is 0.240. The summed E-state index contributed by atoms with van der Waals surface area (Å²) < 4.78 is 10.0. The molecule has 8 heteroatoms. The van der Waals surface area contributed by atoms with E-state index in [0.717, 1.165) is 0 Å². The highest BCUT2D eigenvalue weighted by atomic mass is 16.5. The van der Waals surface area contributed by atoms with E-state index in [9.17, 15) is 24.0 Å². The number of ketones is 1. The molecule has 0 spiro atoms. The lowest BCUT2D eigenvalue weighted by atomic mass is 9.85. The van der Waals surface area contributed by atoms with Gasteiger partial charge in [-0.2, -0.15) is 0 Å². The molecule has 0 bridgehead atoms. The van der Waals surface area contributed by atoms with Gasteiger partial charge in [-0.15, -0.1) is 0 Å². The van der Waals surface area contributed by atoms with Gasteiger partial charge in [0.05, 0.1) is 23.1 Å². The minimum atomic E-state index is -0.705. The number of anilines is 1. The van der Waals surface area contributed by atoms with Crippen LogP contribution < -0.4 is 9.64 Å². The minimum Gasteiger partial charge on any atom is -0.454 e.